The molecule has 1 unspecified atom stereocenters. The second kappa shape index (κ2) is 6.39. The van der Waals surface area contributed by atoms with Crippen molar-refractivity contribution in [3.05, 3.63) is 28.2 Å². The molecule has 0 saturated heterocycles. The van der Waals surface area contributed by atoms with Gasteiger partial charge in [-0.1, -0.05) is 13.0 Å². The third-order valence-corrected chi connectivity index (χ3v) is 3.05. The monoisotopic (exact) mass is 314 g/mol. The van der Waals surface area contributed by atoms with Gasteiger partial charge in [0.2, 0.25) is 0 Å². The molecule has 0 saturated carbocycles. The van der Waals surface area contributed by atoms with Crippen molar-refractivity contribution in [1.82, 2.24) is 5.32 Å². The Labute approximate surface area is 114 Å². The molecule has 0 aliphatic carbocycles. The Morgan fingerprint density at radius 3 is 2.72 bits per heavy atom. The first-order valence-corrected chi connectivity index (χ1v) is 6.23. The van der Waals surface area contributed by atoms with Gasteiger partial charge < -0.3 is 15.7 Å². The maximum Gasteiger partial charge on any atom is 0.319 e. The van der Waals surface area contributed by atoms with Crippen LogP contribution in [0.1, 0.15) is 12.5 Å². The van der Waals surface area contributed by atoms with Gasteiger partial charge in [0.1, 0.15) is 0 Å². The molecule has 0 aliphatic rings. The zero-order valence-corrected chi connectivity index (χ0v) is 11.7. The lowest BCUT2D eigenvalue weighted by molar-refractivity contribution is -0.140. The number of carbonyl (C=O) groups is 2. The Morgan fingerprint density at radius 1 is 1.44 bits per heavy atom. The lowest BCUT2D eigenvalue weighted by Crippen LogP contribution is -2.34. The molecule has 2 amide bonds. The predicted octanol–water partition coefficient (Wildman–Crippen LogP) is 2.60. The number of hydrogen-bond donors (Lipinski definition) is 3. The van der Waals surface area contributed by atoms with E-state index in [4.69, 9.17) is 5.11 Å². The summed E-state index contributed by atoms with van der Waals surface area (Å²) in [4.78, 5) is 22.2. The maximum absolute atomic E-state index is 11.6. The summed E-state index contributed by atoms with van der Waals surface area (Å²) in [6.07, 6.45) is 0. The van der Waals surface area contributed by atoms with Crippen LogP contribution in [-0.4, -0.2) is 23.7 Å². The van der Waals surface area contributed by atoms with Crippen LogP contribution >= 0.6 is 15.9 Å². The maximum atomic E-state index is 11.6. The molecular formula is C12H15BrN2O3. The van der Waals surface area contributed by atoms with E-state index < -0.39 is 17.9 Å². The second-order valence-electron chi connectivity index (χ2n) is 4.06. The molecule has 0 radical (unpaired) electrons. The summed E-state index contributed by atoms with van der Waals surface area (Å²) in [6, 6.07) is 5.16. The summed E-state index contributed by atoms with van der Waals surface area (Å²) in [5, 5.41) is 13.8. The highest BCUT2D eigenvalue weighted by Crippen LogP contribution is 2.23. The van der Waals surface area contributed by atoms with Crippen LogP contribution in [0.3, 0.4) is 0 Å². The summed E-state index contributed by atoms with van der Waals surface area (Å²) >= 11 is 3.33. The molecule has 1 rings (SSSR count). The van der Waals surface area contributed by atoms with Crippen LogP contribution < -0.4 is 10.6 Å². The van der Waals surface area contributed by atoms with Crippen LogP contribution in [0.5, 0.6) is 0 Å². The average molecular weight is 315 g/mol. The van der Waals surface area contributed by atoms with Gasteiger partial charge in [0.05, 0.1) is 11.6 Å². The number of nitrogens with one attached hydrogen (secondary N) is 2. The molecule has 0 fully saturated rings. The van der Waals surface area contributed by atoms with Crippen molar-refractivity contribution in [3.8, 4) is 0 Å². The molecule has 1 aromatic carbocycles. The number of anilines is 1. The number of benzene rings is 1. The van der Waals surface area contributed by atoms with E-state index >= 15 is 0 Å². The summed E-state index contributed by atoms with van der Waals surface area (Å²) in [5.41, 5.74) is 1.67. The molecular weight excluding hydrogens is 300 g/mol. The van der Waals surface area contributed by atoms with Gasteiger partial charge >= 0.3 is 12.0 Å². The molecule has 6 heteroatoms. The first-order valence-electron chi connectivity index (χ1n) is 5.44. The third-order valence-electron chi connectivity index (χ3n) is 2.36. The van der Waals surface area contributed by atoms with Gasteiger partial charge in [-0.2, -0.15) is 0 Å². The number of amides is 2. The minimum absolute atomic E-state index is 0.0879. The summed E-state index contributed by atoms with van der Waals surface area (Å²) < 4.78 is 0.773. The van der Waals surface area contributed by atoms with Crippen molar-refractivity contribution in [2.75, 3.05) is 11.9 Å². The van der Waals surface area contributed by atoms with E-state index in [1.807, 2.05) is 25.1 Å². The van der Waals surface area contributed by atoms with Crippen LogP contribution in [0.2, 0.25) is 0 Å². The van der Waals surface area contributed by atoms with Gasteiger partial charge in [-0.25, -0.2) is 4.79 Å². The zero-order chi connectivity index (χ0) is 13.7. The van der Waals surface area contributed by atoms with E-state index in [0.29, 0.717) is 5.69 Å². The fraction of sp³-hybridized carbons (Fsp3) is 0.333. The van der Waals surface area contributed by atoms with Crippen LogP contribution in [0.15, 0.2) is 22.7 Å². The van der Waals surface area contributed by atoms with E-state index in [-0.39, 0.29) is 6.54 Å². The Hall–Kier alpha value is -1.56. The number of hydrogen-bond acceptors (Lipinski definition) is 2. The van der Waals surface area contributed by atoms with Crippen LogP contribution in [0.4, 0.5) is 10.5 Å². The third kappa shape index (κ3) is 4.37. The van der Waals surface area contributed by atoms with Gasteiger partial charge in [-0.3, -0.25) is 4.79 Å². The number of rotatable bonds is 4. The number of urea groups is 1. The molecule has 0 spiro atoms. The quantitative estimate of drug-likeness (QED) is 0.799. The summed E-state index contributed by atoms with van der Waals surface area (Å²) in [5.74, 6) is -1.55. The normalized spacial score (nSPS) is 11.7. The van der Waals surface area contributed by atoms with E-state index in [2.05, 4.69) is 26.6 Å². The molecule has 1 aromatic rings. The molecule has 0 heterocycles. The lowest BCUT2D eigenvalue weighted by atomic mass is 10.2. The summed E-state index contributed by atoms with van der Waals surface area (Å²) in [6.45, 7) is 3.54. The van der Waals surface area contributed by atoms with Gasteiger partial charge in [0.15, 0.2) is 0 Å². The van der Waals surface area contributed by atoms with Crippen molar-refractivity contribution < 1.29 is 14.7 Å². The molecule has 0 aromatic heterocycles. The Morgan fingerprint density at radius 2 is 2.11 bits per heavy atom. The van der Waals surface area contributed by atoms with Crippen molar-refractivity contribution in [3.63, 3.8) is 0 Å². The fourth-order valence-electron chi connectivity index (χ4n) is 1.23. The molecule has 3 N–H and O–H groups in total. The number of carboxylic acid groups (broad SMARTS) is 1. The highest BCUT2D eigenvalue weighted by molar-refractivity contribution is 9.10. The molecule has 0 aliphatic heterocycles. The fourth-order valence-corrected chi connectivity index (χ4v) is 1.58. The minimum atomic E-state index is -0.938. The highest BCUT2D eigenvalue weighted by atomic mass is 79.9. The first kappa shape index (κ1) is 14.5. The predicted molar refractivity (Wildman–Crippen MR) is 72.7 cm³/mol. The van der Waals surface area contributed by atoms with E-state index in [0.717, 1.165) is 10.0 Å². The lowest BCUT2D eigenvalue weighted by Gasteiger charge is -2.11. The van der Waals surface area contributed by atoms with Crippen molar-refractivity contribution in [1.29, 1.82) is 0 Å². The van der Waals surface area contributed by atoms with E-state index in [9.17, 15) is 9.59 Å². The smallest absolute Gasteiger partial charge is 0.319 e. The number of carbonyl (C=O) groups excluding carboxylic acids is 1. The molecule has 18 heavy (non-hydrogen) atoms. The largest absolute Gasteiger partial charge is 0.481 e. The number of carboxylic acids is 1. The van der Waals surface area contributed by atoms with Gasteiger partial charge in [0.25, 0.3) is 0 Å². The van der Waals surface area contributed by atoms with Crippen molar-refractivity contribution in [2.24, 2.45) is 5.92 Å². The minimum Gasteiger partial charge on any atom is -0.481 e. The topological polar surface area (TPSA) is 78.4 Å². The first-order chi connectivity index (χ1) is 8.40. The van der Waals surface area contributed by atoms with Gasteiger partial charge in [0, 0.05) is 11.0 Å². The van der Waals surface area contributed by atoms with Gasteiger partial charge in [-0.05, 0) is 40.5 Å². The van der Waals surface area contributed by atoms with E-state index in [1.165, 1.54) is 6.92 Å². The van der Waals surface area contributed by atoms with Crippen LogP contribution in [0, 0.1) is 12.8 Å². The SMILES string of the molecule is Cc1ccc(Br)c(NC(=O)NCC(C)C(=O)O)c1. The second-order valence-corrected chi connectivity index (χ2v) is 4.91. The molecule has 0 bridgehead atoms. The van der Waals surface area contributed by atoms with Crippen LogP contribution in [0.25, 0.3) is 0 Å². The number of aryl methyl sites for hydroxylation is 1. The molecule has 98 valence electrons. The van der Waals surface area contributed by atoms with E-state index in [1.54, 1.807) is 0 Å². The molecule has 1 atom stereocenters. The Balaban J connectivity index is 2.54. The summed E-state index contributed by atoms with van der Waals surface area (Å²) in [7, 11) is 0. The van der Waals surface area contributed by atoms with Gasteiger partial charge in [-0.15, -0.1) is 0 Å². The van der Waals surface area contributed by atoms with Crippen LogP contribution in [-0.2, 0) is 4.79 Å². The van der Waals surface area contributed by atoms with Crippen molar-refractivity contribution in [2.45, 2.75) is 13.8 Å². The number of halogens is 1. The standard InChI is InChI=1S/C12H15BrN2O3/c1-7-3-4-9(13)10(5-7)15-12(18)14-6-8(2)11(16)17/h3-5,8H,6H2,1-2H3,(H,16,17)(H2,14,15,18). The van der Waals surface area contributed by atoms with Crippen molar-refractivity contribution >= 4 is 33.6 Å². The number of aliphatic carboxylic acids is 1. The molecule has 5 nitrogen and oxygen atoms in total. The zero-order valence-electron chi connectivity index (χ0n) is 10.2. The Bertz CT molecular complexity index is 463. The highest BCUT2D eigenvalue weighted by Gasteiger charge is 2.12. The average Bonchev–Trinajstić information content (AvgIpc) is 2.30. The Kier molecular flexibility index (Phi) is 5.15.